The van der Waals surface area contributed by atoms with E-state index in [9.17, 15) is 0 Å². The molecule has 0 amide bonds. The molecule has 2 fully saturated rings. The minimum absolute atomic E-state index is 0.256. The van der Waals surface area contributed by atoms with Gasteiger partial charge >= 0.3 is 0 Å². The lowest BCUT2D eigenvalue weighted by Crippen LogP contribution is -2.49. The lowest BCUT2D eigenvalue weighted by atomic mass is 9.56. The molecule has 26 heavy (non-hydrogen) atoms. The molecule has 136 valence electrons. The first-order valence-corrected chi connectivity index (χ1v) is 10.2. The summed E-state index contributed by atoms with van der Waals surface area (Å²) >= 11 is 11.4. The number of hydrogen-bond acceptors (Lipinski definition) is 2. The zero-order chi connectivity index (χ0) is 18.0. The molecule has 2 aliphatic carbocycles. The molecule has 1 N–H and O–H groups in total. The molecular formula is C22H24ClNOS. The van der Waals surface area contributed by atoms with Crippen molar-refractivity contribution in [2.75, 3.05) is 5.32 Å². The average Bonchev–Trinajstić information content (AvgIpc) is 2.68. The molecule has 4 rings (SSSR count). The van der Waals surface area contributed by atoms with Gasteiger partial charge in [-0.1, -0.05) is 41.9 Å². The van der Waals surface area contributed by atoms with Crippen molar-refractivity contribution in [3.63, 3.8) is 0 Å². The number of ether oxygens (including phenoxy) is 1. The van der Waals surface area contributed by atoms with Crippen molar-refractivity contribution in [2.45, 2.75) is 50.5 Å². The van der Waals surface area contributed by atoms with Crippen LogP contribution in [0.4, 0.5) is 5.69 Å². The van der Waals surface area contributed by atoms with Gasteiger partial charge in [0, 0.05) is 16.1 Å². The van der Waals surface area contributed by atoms with E-state index in [1.165, 1.54) is 37.7 Å². The molecule has 2 aromatic rings. The van der Waals surface area contributed by atoms with Crippen molar-refractivity contribution in [2.24, 2.45) is 5.41 Å². The summed E-state index contributed by atoms with van der Waals surface area (Å²) in [6.07, 6.45) is 7.61. The molecule has 1 spiro atoms. The van der Waals surface area contributed by atoms with Crippen LogP contribution in [0.5, 0.6) is 0 Å². The van der Waals surface area contributed by atoms with Gasteiger partial charge in [-0.15, -0.1) is 0 Å². The van der Waals surface area contributed by atoms with Crippen molar-refractivity contribution >= 4 is 34.7 Å². The summed E-state index contributed by atoms with van der Waals surface area (Å²) in [7, 11) is 0. The van der Waals surface area contributed by atoms with Crippen molar-refractivity contribution < 1.29 is 4.74 Å². The van der Waals surface area contributed by atoms with Crippen LogP contribution in [0.3, 0.4) is 0 Å². The molecule has 2 aliphatic rings. The summed E-state index contributed by atoms with van der Waals surface area (Å²) in [5.74, 6) is 0.696. The van der Waals surface area contributed by atoms with Crippen LogP contribution in [0.25, 0.3) is 0 Å². The van der Waals surface area contributed by atoms with Crippen LogP contribution in [-0.2, 0) is 4.74 Å². The van der Waals surface area contributed by atoms with Crippen molar-refractivity contribution in [1.82, 2.24) is 0 Å². The lowest BCUT2D eigenvalue weighted by Gasteiger charge is -2.52. The first-order valence-electron chi connectivity index (χ1n) is 9.43. The van der Waals surface area contributed by atoms with Gasteiger partial charge in [-0.05, 0) is 86.5 Å². The highest BCUT2D eigenvalue weighted by Crippen LogP contribution is 2.55. The fourth-order valence-corrected chi connectivity index (χ4v) is 4.85. The number of nitrogens with one attached hydrogen (secondary N) is 1. The summed E-state index contributed by atoms with van der Waals surface area (Å²) in [4.78, 5) is 0. The molecule has 2 nitrogen and oxygen atoms in total. The molecule has 1 atom stereocenters. The fourth-order valence-electron chi connectivity index (χ4n) is 4.49. The van der Waals surface area contributed by atoms with Gasteiger partial charge in [-0.3, -0.25) is 0 Å². The van der Waals surface area contributed by atoms with E-state index in [-0.39, 0.29) is 6.10 Å². The number of thiocarbonyl (C=S) groups is 1. The van der Waals surface area contributed by atoms with Gasteiger partial charge in [-0.25, -0.2) is 0 Å². The Hall–Kier alpha value is -1.58. The molecule has 0 aromatic heterocycles. The first kappa shape index (κ1) is 17.8. The molecular weight excluding hydrogens is 362 g/mol. The van der Waals surface area contributed by atoms with Crippen molar-refractivity contribution in [1.29, 1.82) is 0 Å². The highest BCUT2D eigenvalue weighted by atomic mass is 35.5. The minimum atomic E-state index is 0.256. The normalized spacial score (nSPS) is 27.6. The minimum Gasteiger partial charge on any atom is -0.467 e. The van der Waals surface area contributed by atoms with E-state index in [2.05, 4.69) is 35.6 Å². The zero-order valence-electron chi connectivity index (χ0n) is 14.8. The van der Waals surface area contributed by atoms with Gasteiger partial charge in [0.25, 0.3) is 5.17 Å². The maximum absolute atomic E-state index is 6.14. The van der Waals surface area contributed by atoms with Crippen molar-refractivity contribution in [3.8, 4) is 0 Å². The Labute approximate surface area is 165 Å². The lowest BCUT2D eigenvalue weighted by molar-refractivity contribution is -0.0789. The molecule has 1 unspecified atom stereocenters. The second kappa shape index (κ2) is 7.58. The van der Waals surface area contributed by atoms with Gasteiger partial charge < -0.3 is 10.1 Å². The molecule has 0 radical (unpaired) electrons. The number of rotatable bonds is 3. The van der Waals surface area contributed by atoms with Gasteiger partial charge in [0.1, 0.15) is 6.10 Å². The third-order valence-corrected chi connectivity index (χ3v) is 6.63. The van der Waals surface area contributed by atoms with E-state index in [0.717, 1.165) is 17.1 Å². The largest absolute Gasteiger partial charge is 0.467 e. The maximum atomic E-state index is 6.14. The van der Waals surface area contributed by atoms with Crippen LogP contribution >= 0.6 is 23.8 Å². The third kappa shape index (κ3) is 3.74. The zero-order valence-corrected chi connectivity index (χ0v) is 16.4. The first-order chi connectivity index (χ1) is 12.6. The summed E-state index contributed by atoms with van der Waals surface area (Å²) in [6.45, 7) is 0. The quantitative estimate of drug-likeness (QED) is 0.604. The van der Waals surface area contributed by atoms with Crippen LogP contribution in [0.2, 0.25) is 5.02 Å². The Bertz CT molecular complexity index is 753. The molecule has 2 saturated carbocycles. The Kier molecular flexibility index (Phi) is 5.19. The van der Waals surface area contributed by atoms with Crippen LogP contribution in [0.15, 0.2) is 54.6 Å². The van der Waals surface area contributed by atoms with Crippen LogP contribution in [0.1, 0.15) is 50.0 Å². The predicted molar refractivity (Wildman–Crippen MR) is 112 cm³/mol. The second-order valence-electron chi connectivity index (χ2n) is 7.61. The average molecular weight is 386 g/mol. The van der Waals surface area contributed by atoms with E-state index in [4.69, 9.17) is 28.6 Å². The smallest absolute Gasteiger partial charge is 0.261 e. The Morgan fingerprint density at radius 1 is 0.962 bits per heavy atom. The molecule has 2 aromatic carbocycles. The SMILES string of the molecule is S=C(Nc1ccc(Cl)cc1)OC1CCC12CCC(c1ccccc1)CC2. The van der Waals surface area contributed by atoms with Gasteiger partial charge in [0.2, 0.25) is 0 Å². The van der Waals surface area contributed by atoms with Crippen LogP contribution in [-0.4, -0.2) is 11.3 Å². The predicted octanol–water partition coefficient (Wildman–Crippen LogP) is 6.56. The molecule has 0 aliphatic heterocycles. The van der Waals surface area contributed by atoms with E-state index >= 15 is 0 Å². The standard InChI is InChI=1S/C22H24ClNOS/c23-18-6-8-19(9-7-18)24-21(26)25-20-12-15-22(20)13-10-17(11-14-22)16-4-2-1-3-5-16/h1-9,17,20H,10-15H2,(H,24,26). The highest BCUT2D eigenvalue weighted by molar-refractivity contribution is 7.80. The van der Waals surface area contributed by atoms with Gasteiger partial charge in [0.15, 0.2) is 0 Å². The number of hydrogen-bond donors (Lipinski definition) is 1. The highest BCUT2D eigenvalue weighted by Gasteiger charge is 2.50. The number of benzene rings is 2. The number of halogens is 1. The molecule has 0 bridgehead atoms. The maximum Gasteiger partial charge on any atom is 0.261 e. The Balaban J connectivity index is 1.32. The molecule has 4 heteroatoms. The van der Waals surface area contributed by atoms with E-state index in [1.54, 1.807) is 0 Å². The topological polar surface area (TPSA) is 21.3 Å². The number of anilines is 1. The van der Waals surface area contributed by atoms with E-state index in [0.29, 0.717) is 16.5 Å². The van der Waals surface area contributed by atoms with Gasteiger partial charge in [-0.2, -0.15) is 0 Å². The van der Waals surface area contributed by atoms with Crippen molar-refractivity contribution in [3.05, 3.63) is 65.2 Å². The Morgan fingerprint density at radius 3 is 2.23 bits per heavy atom. The molecule has 0 saturated heterocycles. The summed E-state index contributed by atoms with van der Waals surface area (Å²) in [5.41, 5.74) is 2.73. The summed E-state index contributed by atoms with van der Waals surface area (Å²) < 4.78 is 6.14. The van der Waals surface area contributed by atoms with Gasteiger partial charge in [0.05, 0.1) is 0 Å². The van der Waals surface area contributed by atoms with Crippen LogP contribution < -0.4 is 5.32 Å². The van der Waals surface area contributed by atoms with Crippen LogP contribution in [0, 0.1) is 5.41 Å². The third-order valence-electron chi connectivity index (χ3n) is 6.18. The molecule has 0 heterocycles. The summed E-state index contributed by atoms with van der Waals surface area (Å²) in [5, 5.41) is 4.37. The van der Waals surface area contributed by atoms with E-state index < -0.39 is 0 Å². The second-order valence-corrected chi connectivity index (χ2v) is 8.42. The Morgan fingerprint density at radius 2 is 1.62 bits per heavy atom. The van der Waals surface area contributed by atoms with E-state index in [1.807, 2.05) is 24.3 Å². The fraction of sp³-hybridized carbons (Fsp3) is 0.409. The monoisotopic (exact) mass is 385 g/mol. The summed E-state index contributed by atoms with van der Waals surface area (Å²) in [6, 6.07) is 18.5.